The zero-order valence-electron chi connectivity index (χ0n) is 11.1. The second-order valence-electron chi connectivity index (χ2n) is 3.78. The van der Waals surface area contributed by atoms with E-state index in [1.54, 1.807) is 6.07 Å². The molecule has 0 aliphatic heterocycles. The molecule has 2 rings (SSSR count). The van der Waals surface area contributed by atoms with Crippen molar-refractivity contribution in [3.8, 4) is 17.4 Å². The van der Waals surface area contributed by atoms with E-state index in [-0.39, 0.29) is 0 Å². The van der Waals surface area contributed by atoms with Gasteiger partial charge in [0, 0.05) is 12.6 Å². The van der Waals surface area contributed by atoms with Gasteiger partial charge >= 0.3 is 0 Å². The van der Waals surface area contributed by atoms with Gasteiger partial charge in [-0.2, -0.15) is 0 Å². The van der Waals surface area contributed by atoms with Crippen LogP contribution in [0.1, 0.15) is 13.8 Å². The van der Waals surface area contributed by atoms with E-state index >= 15 is 0 Å². The molecule has 0 fully saturated rings. The van der Waals surface area contributed by atoms with Crippen LogP contribution in [0.3, 0.4) is 0 Å². The van der Waals surface area contributed by atoms with Gasteiger partial charge in [0.2, 0.25) is 5.88 Å². The Morgan fingerprint density at radius 1 is 1.05 bits per heavy atom. The van der Waals surface area contributed by atoms with Crippen LogP contribution < -0.4 is 14.8 Å². The molecule has 0 unspecified atom stereocenters. The zero-order valence-corrected chi connectivity index (χ0v) is 11.1. The molecule has 19 heavy (non-hydrogen) atoms. The minimum absolute atomic E-state index is 0.509. The van der Waals surface area contributed by atoms with Gasteiger partial charge in [0.15, 0.2) is 0 Å². The van der Waals surface area contributed by atoms with E-state index in [9.17, 15) is 0 Å². The molecule has 1 aromatic carbocycles. The Balaban J connectivity index is 2.05. The van der Waals surface area contributed by atoms with E-state index in [1.807, 2.05) is 38.1 Å². The molecule has 5 heteroatoms. The fraction of sp³-hybridized carbons (Fsp3) is 0.286. The summed E-state index contributed by atoms with van der Waals surface area (Å²) in [5, 5.41) is 3.11. The summed E-state index contributed by atoms with van der Waals surface area (Å²) in [5.74, 6) is 2.80. The Hall–Kier alpha value is -2.30. The molecule has 0 bridgehead atoms. The maximum Gasteiger partial charge on any atom is 0.224 e. The highest BCUT2D eigenvalue weighted by Gasteiger charge is 2.01. The summed E-state index contributed by atoms with van der Waals surface area (Å²) in [5.41, 5.74) is 0. The van der Waals surface area contributed by atoms with Crippen LogP contribution in [0, 0.1) is 0 Å². The van der Waals surface area contributed by atoms with Crippen LogP contribution in [0.5, 0.6) is 17.4 Å². The maximum absolute atomic E-state index is 5.65. The molecule has 5 nitrogen and oxygen atoms in total. The SMILES string of the molecule is CCNc1cc(Oc2ccc(OCC)cc2)ncn1. The summed E-state index contributed by atoms with van der Waals surface area (Å²) in [6, 6.07) is 9.19. The van der Waals surface area contributed by atoms with Crippen molar-refractivity contribution < 1.29 is 9.47 Å². The van der Waals surface area contributed by atoms with Crippen LogP contribution in [0.2, 0.25) is 0 Å². The van der Waals surface area contributed by atoms with Crippen LogP contribution in [0.25, 0.3) is 0 Å². The van der Waals surface area contributed by atoms with Crippen LogP contribution in [-0.2, 0) is 0 Å². The third-order valence-electron chi connectivity index (χ3n) is 2.36. The van der Waals surface area contributed by atoms with E-state index < -0.39 is 0 Å². The molecule has 0 aliphatic rings. The lowest BCUT2D eigenvalue weighted by molar-refractivity contribution is 0.339. The molecule has 2 aromatic rings. The Labute approximate surface area is 112 Å². The predicted molar refractivity (Wildman–Crippen MR) is 73.9 cm³/mol. The van der Waals surface area contributed by atoms with Crippen molar-refractivity contribution >= 4 is 5.82 Å². The van der Waals surface area contributed by atoms with Gasteiger partial charge in [-0.3, -0.25) is 0 Å². The first-order valence-electron chi connectivity index (χ1n) is 6.28. The highest BCUT2D eigenvalue weighted by atomic mass is 16.5. The molecule has 0 aliphatic carbocycles. The first-order chi connectivity index (χ1) is 9.31. The third-order valence-corrected chi connectivity index (χ3v) is 2.36. The molecule has 0 atom stereocenters. The van der Waals surface area contributed by atoms with Crippen LogP contribution >= 0.6 is 0 Å². The van der Waals surface area contributed by atoms with Crippen molar-refractivity contribution in [2.45, 2.75) is 13.8 Å². The van der Waals surface area contributed by atoms with Crippen molar-refractivity contribution in [3.63, 3.8) is 0 Å². The molecular weight excluding hydrogens is 242 g/mol. The van der Waals surface area contributed by atoms with Crippen molar-refractivity contribution in [1.29, 1.82) is 0 Å². The summed E-state index contributed by atoms with van der Waals surface area (Å²) < 4.78 is 11.0. The van der Waals surface area contributed by atoms with Crippen molar-refractivity contribution in [2.75, 3.05) is 18.5 Å². The number of ether oxygens (including phenoxy) is 2. The molecule has 0 spiro atoms. The van der Waals surface area contributed by atoms with Gasteiger partial charge in [-0.15, -0.1) is 0 Å². The predicted octanol–water partition coefficient (Wildman–Crippen LogP) is 3.10. The minimum atomic E-state index is 0.509. The summed E-state index contributed by atoms with van der Waals surface area (Å²) in [6.45, 7) is 5.42. The fourth-order valence-electron chi connectivity index (χ4n) is 1.56. The number of aromatic nitrogens is 2. The first-order valence-corrected chi connectivity index (χ1v) is 6.28. The molecular formula is C14H17N3O2. The number of benzene rings is 1. The monoisotopic (exact) mass is 259 g/mol. The average Bonchev–Trinajstić information content (AvgIpc) is 2.42. The van der Waals surface area contributed by atoms with Crippen molar-refractivity contribution in [3.05, 3.63) is 36.7 Å². The third kappa shape index (κ3) is 3.84. The summed E-state index contributed by atoms with van der Waals surface area (Å²) in [7, 11) is 0. The standard InChI is InChI=1S/C14H17N3O2/c1-3-15-13-9-14(17-10-16-13)19-12-7-5-11(6-8-12)18-4-2/h5-10H,3-4H2,1-2H3,(H,15,16,17). The van der Waals surface area contributed by atoms with Gasteiger partial charge in [-0.25, -0.2) is 9.97 Å². The number of nitrogens with one attached hydrogen (secondary N) is 1. The van der Waals surface area contributed by atoms with Crippen LogP contribution in [-0.4, -0.2) is 23.1 Å². The van der Waals surface area contributed by atoms with Gasteiger partial charge in [0.25, 0.3) is 0 Å². The normalized spacial score (nSPS) is 10.0. The van der Waals surface area contributed by atoms with Crippen LogP contribution in [0.4, 0.5) is 5.82 Å². The Morgan fingerprint density at radius 3 is 2.47 bits per heavy atom. The van der Waals surface area contributed by atoms with E-state index in [0.29, 0.717) is 18.2 Å². The van der Waals surface area contributed by atoms with Gasteiger partial charge in [-0.1, -0.05) is 0 Å². The van der Waals surface area contributed by atoms with E-state index in [0.717, 1.165) is 18.1 Å². The highest BCUT2D eigenvalue weighted by molar-refractivity contribution is 5.39. The molecule has 0 saturated carbocycles. The molecule has 0 radical (unpaired) electrons. The number of hydrogen-bond donors (Lipinski definition) is 1. The lowest BCUT2D eigenvalue weighted by atomic mass is 10.3. The number of nitrogens with zero attached hydrogens (tertiary/aromatic N) is 2. The molecule has 1 N–H and O–H groups in total. The molecule has 100 valence electrons. The molecule has 0 saturated heterocycles. The van der Waals surface area contributed by atoms with Crippen molar-refractivity contribution in [2.24, 2.45) is 0 Å². The lowest BCUT2D eigenvalue weighted by Crippen LogP contribution is -2.00. The van der Waals surface area contributed by atoms with E-state index in [4.69, 9.17) is 9.47 Å². The number of anilines is 1. The number of rotatable bonds is 6. The smallest absolute Gasteiger partial charge is 0.224 e. The summed E-state index contributed by atoms with van der Waals surface area (Å²) in [6.07, 6.45) is 1.47. The first kappa shape index (κ1) is 13.1. The fourth-order valence-corrected chi connectivity index (χ4v) is 1.56. The topological polar surface area (TPSA) is 56.3 Å². The molecule has 1 heterocycles. The van der Waals surface area contributed by atoms with Gasteiger partial charge in [0.1, 0.15) is 23.6 Å². The van der Waals surface area contributed by atoms with Crippen LogP contribution in [0.15, 0.2) is 36.7 Å². The Bertz CT molecular complexity index is 514. The van der Waals surface area contributed by atoms with Gasteiger partial charge in [0.05, 0.1) is 6.61 Å². The zero-order chi connectivity index (χ0) is 13.5. The average molecular weight is 259 g/mol. The maximum atomic E-state index is 5.65. The van der Waals surface area contributed by atoms with E-state index in [2.05, 4.69) is 15.3 Å². The van der Waals surface area contributed by atoms with Crippen molar-refractivity contribution in [1.82, 2.24) is 9.97 Å². The van der Waals surface area contributed by atoms with Gasteiger partial charge < -0.3 is 14.8 Å². The summed E-state index contributed by atoms with van der Waals surface area (Å²) >= 11 is 0. The van der Waals surface area contributed by atoms with Gasteiger partial charge in [-0.05, 0) is 38.1 Å². The second-order valence-corrected chi connectivity index (χ2v) is 3.78. The Kier molecular flexibility index (Phi) is 4.55. The molecule has 1 aromatic heterocycles. The largest absolute Gasteiger partial charge is 0.494 e. The highest BCUT2D eigenvalue weighted by Crippen LogP contribution is 2.23. The summed E-state index contributed by atoms with van der Waals surface area (Å²) in [4.78, 5) is 8.16. The molecule has 0 amide bonds. The second kappa shape index (κ2) is 6.58. The number of hydrogen-bond acceptors (Lipinski definition) is 5. The lowest BCUT2D eigenvalue weighted by Gasteiger charge is -2.07. The minimum Gasteiger partial charge on any atom is -0.494 e. The quantitative estimate of drug-likeness (QED) is 0.863. The van der Waals surface area contributed by atoms with E-state index in [1.165, 1.54) is 6.33 Å². The Morgan fingerprint density at radius 2 is 1.79 bits per heavy atom.